The maximum atomic E-state index is 9.30. The minimum absolute atomic E-state index is 0.149. The van der Waals surface area contributed by atoms with E-state index >= 15 is 0 Å². The Morgan fingerprint density at radius 2 is 1.92 bits per heavy atom. The maximum Gasteiger partial charge on any atom is 0.113 e. The average Bonchev–Trinajstić information content (AvgIpc) is 3.04. The van der Waals surface area contributed by atoms with E-state index in [1.54, 1.807) is 0 Å². The van der Waals surface area contributed by atoms with Crippen LogP contribution in [0.4, 0.5) is 5.69 Å². The number of rotatable bonds is 4. The van der Waals surface area contributed by atoms with Gasteiger partial charge in [-0.05, 0) is 31.0 Å². The number of anilines is 1. The summed E-state index contributed by atoms with van der Waals surface area (Å²) in [5.74, 6) is 0.391. The molecule has 0 aliphatic carbocycles. The highest BCUT2D eigenvalue weighted by Crippen LogP contribution is 2.41. The molecule has 0 saturated carbocycles. The summed E-state index contributed by atoms with van der Waals surface area (Å²) >= 11 is 0. The summed E-state index contributed by atoms with van der Waals surface area (Å²) in [6.45, 7) is 1.18. The Kier molecular flexibility index (Phi) is 3.94. The van der Waals surface area contributed by atoms with Crippen LogP contribution in [-0.2, 0) is 0 Å². The van der Waals surface area contributed by atoms with Crippen LogP contribution in [0.2, 0.25) is 0 Å². The molecule has 0 bridgehead atoms. The van der Waals surface area contributed by atoms with Crippen molar-refractivity contribution in [3.63, 3.8) is 0 Å². The van der Waals surface area contributed by atoms with Gasteiger partial charge in [-0.3, -0.25) is 0 Å². The average molecular weight is 322 g/mol. The van der Waals surface area contributed by atoms with E-state index in [1.165, 1.54) is 11.3 Å². The van der Waals surface area contributed by atoms with Crippen LogP contribution < -0.4 is 4.90 Å². The maximum absolute atomic E-state index is 9.30. The molecule has 0 amide bonds. The number of para-hydroxylation sites is 2. The van der Waals surface area contributed by atoms with E-state index < -0.39 is 0 Å². The van der Waals surface area contributed by atoms with Crippen molar-refractivity contribution in [2.24, 2.45) is 5.92 Å². The monoisotopic (exact) mass is 322 g/mol. The van der Waals surface area contributed by atoms with Gasteiger partial charge < -0.3 is 10.0 Å². The molecule has 1 aliphatic heterocycles. The van der Waals surface area contributed by atoms with E-state index in [-0.39, 0.29) is 12.6 Å². The standard InChI is InChI=1S/C19H22N4O/c1-22-13-14(7-6-12-24)19(15-8-2-4-10-17(15)22)23-18-11-5-3-9-16(18)20-21-23/h2-5,8-11,14,19,24H,6-7,12-13H2,1H3. The van der Waals surface area contributed by atoms with Gasteiger partial charge in [0.15, 0.2) is 0 Å². The quantitative estimate of drug-likeness (QED) is 0.802. The molecule has 1 N–H and O–H groups in total. The van der Waals surface area contributed by atoms with E-state index in [9.17, 15) is 5.11 Å². The van der Waals surface area contributed by atoms with Gasteiger partial charge in [0.2, 0.25) is 0 Å². The molecule has 3 aromatic rings. The van der Waals surface area contributed by atoms with Gasteiger partial charge in [-0.25, -0.2) is 4.68 Å². The Labute approximate surface area is 141 Å². The summed E-state index contributed by atoms with van der Waals surface area (Å²) in [4.78, 5) is 2.31. The molecule has 24 heavy (non-hydrogen) atoms. The van der Waals surface area contributed by atoms with Gasteiger partial charge in [0.25, 0.3) is 0 Å². The topological polar surface area (TPSA) is 54.2 Å². The number of aromatic nitrogens is 3. The highest BCUT2D eigenvalue weighted by atomic mass is 16.2. The lowest BCUT2D eigenvalue weighted by atomic mass is 9.84. The van der Waals surface area contributed by atoms with Crippen molar-refractivity contribution >= 4 is 16.7 Å². The summed E-state index contributed by atoms with van der Waals surface area (Å²) in [6, 6.07) is 16.8. The molecule has 0 spiro atoms. The second-order valence-electron chi connectivity index (χ2n) is 6.53. The summed E-state index contributed by atoms with van der Waals surface area (Å²) < 4.78 is 2.07. The van der Waals surface area contributed by atoms with Crippen molar-refractivity contribution in [3.05, 3.63) is 54.1 Å². The zero-order valence-electron chi connectivity index (χ0n) is 13.8. The van der Waals surface area contributed by atoms with Crippen LogP contribution in [0.1, 0.15) is 24.4 Å². The third-order valence-electron chi connectivity index (χ3n) is 5.00. The van der Waals surface area contributed by atoms with Crippen molar-refractivity contribution < 1.29 is 5.11 Å². The van der Waals surface area contributed by atoms with E-state index in [2.05, 4.69) is 57.3 Å². The van der Waals surface area contributed by atoms with Crippen LogP contribution in [0.25, 0.3) is 11.0 Å². The second kappa shape index (κ2) is 6.24. The molecule has 0 fully saturated rings. The molecule has 1 aromatic heterocycles. The summed E-state index contributed by atoms with van der Waals surface area (Å²) in [5.41, 5.74) is 4.53. The first kappa shape index (κ1) is 15.1. The number of aliphatic hydroxyl groups is 1. The van der Waals surface area contributed by atoms with Gasteiger partial charge in [0, 0.05) is 37.4 Å². The largest absolute Gasteiger partial charge is 0.396 e. The van der Waals surface area contributed by atoms with Crippen LogP contribution >= 0.6 is 0 Å². The summed E-state index contributed by atoms with van der Waals surface area (Å²) in [6.07, 6.45) is 1.78. The molecular formula is C19H22N4O. The normalized spacial score (nSPS) is 20.3. The van der Waals surface area contributed by atoms with Gasteiger partial charge >= 0.3 is 0 Å². The lowest BCUT2D eigenvalue weighted by molar-refractivity contribution is 0.250. The highest BCUT2D eigenvalue weighted by Gasteiger charge is 2.34. The molecule has 1 aliphatic rings. The first-order valence-corrected chi connectivity index (χ1v) is 8.50. The predicted molar refractivity (Wildman–Crippen MR) is 95.2 cm³/mol. The number of hydrogen-bond acceptors (Lipinski definition) is 4. The summed E-state index contributed by atoms with van der Waals surface area (Å²) in [5, 5.41) is 18.1. The van der Waals surface area contributed by atoms with Crippen molar-refractivity contribution in [3.8, 4) is 0 Å². The van der Waals surface area contributed by atoms with Crippen LogP contribution in [0, 0.1) is 5.92 Å². The van der Waals surface area contributed by atoms with Crippen molar-refractivity contribution in [2.75, 3.05) is 25.1 Å². The molecule has 0 saturated heterocycles. The Bertz CT molecular complexity index is 844. The fraction of sp³-hybridized carbons (Fsp3) is 0.368. The van der Waals surface area contributed by atoms with Crippen LogP contribution in [-0.4, -0.2) is 40.3 Å². The molecule has 5 heteroatoms. The Morgan fingerprint density at radius 3 is 2.79 bits per heavy atom. The predicted octanol–water partition coefficient (Wildman–Crippen LogP) is 2.86. The minimum Gasteiger partial charge on any atom is -0.396 e. The highest BCUT2D eigenvalue weighted by molar-refractivity contribution is 5.74. The van der Waals surface area contributed by atoms with E-state index in [4.69, 9.17) is 0 Å². The fourth-order valence-corrected chi connectivity index (χ4v) is 3.92. The smallest absolute Gasteiger partial charge is 0.113 e. The molecule has 4 rings (SSSR count). The van der Waals surface area contributed by atoms with Crippen molar-refractivity contribution in [1.82, 2.24) is 15.0 Å². The number of hydrogen-bond donors (Lipinski definition) is 1. The van der Waals surface area contributed by atoms with Gasteiger partial charge in [-0.1, -0.05) is 35.5 Å². The molecular weight excluding hydrogens is 300 g/mol. The Balaban J connectivity index is 1.86. The van der Waals surface area contributed by atoms with Crippen molar-refractivity contribution in [1.29, 1.82) is 0 Å². The molecule has 124 valence electrons. The Morgan fingerprint density at radius 1 is 1.12 bits per heavy atom. The molecule has 2 unspecified atom stereocenters. The van der Waals surface area contributed by atoms with Gasteiger partial charge in [0.05, 0.1) is 11.6 Å². The van der Waals surface area contributed by atoms with Crippen molar-refractivity contribution in [2.45, 2.75) is 18.9 Å². The van der Waals surface area contributed by atoms with Gasteiger partial charge in [-0.15, -0.1) is 5.10 Å². The first-order valence-electron chi connectivity index (χ1n) is 8.50. The first-order chi connectivity index (χ1) is 11.8. The third-order valence-corrected chi connectivity index (χ3v) is 5.00. The second-order valence-corrected chi connectivity index (χ2v) is 6.53. The molecule has 2 atom stereocenters. The minimum atomic E-state index is 0.149. The zero-order valence-corrected chi connectivity index (χ0v) is 13.8. The van der Waals surface area contributed by atoms with Gasteiger partial charge in [0.1, 0.15) is 5.52 Å². The number of benzene rings is 2. The number of fused-ring (bicyclic) bond motifs is 2. The molecule has 0 radical (unpaired) electrons. The van der Waals surface area contributed by atoms with E-state index in [0.717, 1.165) is 30.4 Å². The zero-order chi connectivity index (χ0) is 16.5. The SMILES string of the molecule is CN1CC(CCCO)C(n2nnc3ccccc32)c2ccccc21. The van der Waals surface area contributed by atoms with Crippen LogP contribution in [0.15, 0.2) is 48.5 Å². The third kappa shape index (κ3) is 2.45. The lowest BCUT2D eigenvalue weighted by Crippen LogP contribution is -2.38. The fourth-order valence-electron chi connectivity index (χ4n) is 3.92. The van der Waals surface area contributed by atoms with Gasteiger partial charge in [-0.2, -0.15) is 0 Å². The van der Waals surface area contributed by atoms with E-state index in [0.29, 0.717) is 5.92 Å². The summed E-state index contributed by atoms with van der Waals surface area (Å²) in [7, 11) is 2.14. The number of nitrogens with zero attached hydrogens (tertiary/aromatic N) is 4. The molecule has 2 heterocycles. The van der Waals surface area contributed by atoms with E-state index in [1.807, 2.05) is 18.2 Å². The van der Waals surface area contributed by atoms with Crippen LogP contribution in [0.3, 0.4) is 0 Å². The molecule has 2 aromatic carbocycles. The Hall–Kier alpha value is -2.40. The number of aliphatic hydroxyl groups excluding tert-OH is 1. The molecule has 5 nitrogen and oxygen atoms in total. The lowest BCUT2D eigenvalue weighted by Gasteiger charge is -2.39. The van der Waals surface area contributed by atoms with Crippen LogP contribution in [0.5, 0.6) is 0 Å².